The molecule has 0 radical (unpaired) electrons. The molecule has 0 aliphatic rings. The first-order chi connectivity index (χ1) is 34.2. The van der Waals surface area contributed by atoms with Crippen molar-refractivity contribution in [1.82, 2.24) is 0 Å². The van der Waals surface area contributed by atoms with Crippen LogP contribution in [0.3, 0.4) is 0 Å². The number of rotatable bonds is 4. The molecule has 0 fully saturated rings. The van der Waals surface area contributed by atoms with Crippen molar-refractivity contribution in [3.63, 3.8) is 0 Å². The Morgan fingerprint density at radius 2 is 0.887 bits per heavy atom. The fourth-order valence-corrected chi connectivity index (χ4v) is 7.22. The summed E-state index contributed by atoms with van der Waals surface area (Å²) in [5, 5.41) is 0.484. The number of furan rings is 1. The molecule has 1 heterocycles. The highest BCUT2D eigenvalue weighted by atomic mass is 16.3. The van der Waals surface area contributed by atoms with Crippen molar-refractivity contribution >= 4 is 65.0 Å². The maximum Gasteiger partial charge on any atom is 0.136 e. The molecule has 0 saturated heterocycles. The highest BCUT2D eigenvalue weighted by molar-refractivity contribution is 6.21. The van der Waals surface area contributed by atoms with Crippen molar-refractivity contribution in [1.29, 1.82) is 0 Å². The Morgan fingerprint density at radius 3 is 1.58 bits per heavy atom. The van der Waals surface area contributed by atoms with Crippen LogP contribution >= 0.6 is 0 Å². The standard InChI is InChI=1S/C52H32O/c1-2-12-34(13-3-1)51-45-16-6-8-18-47(45)52(48-19-9-7-17-46(48)51)40-24-23-35-29-36(21-22-37(35)30-40)38-25-27-43-44-28-26-39(32-50(44)53-49(43)31-38)42-20-10-14-33-11-4-5-15-41(33)42/h1-32H/i1D,2D,3D,6D,7D,8D,9D,12D,13D,16D,17D,18D,19D,21D,22D,23D,24D,29D,30D. The van der Waals surface area contributed by atoms with Gasteiger partial charge in [0.05, 0.1) is 26.0 Å². The van der Waals surface area contributed by atoms with E-state index in [2.05, 4.69) is 0 Å². The third-order valence-corrected chi connectivity index (χ3v) is 9.61. The van der Waals surface area contributed by atoms with E-state index in [1.54, 1.807) is 18.2 Å². The minimum absolute atomic E-state index is 0.117. The van der Waals surface area contributed by atoms with Crippen LogP contribution in [0.4, 0.5) is 0 Å². The maximum absolute atomic E-state index is 9.75. The van der Waals surface area contributed by atoms with Crippen LogP contribution in [-0.4, -0.2) is 0 Å². The van der Waals surface area contributed by atoms with Gasteiger partial charge >= 0.3 is 0 Å². The number of hydrogen-bond donors (Lipinski definition) is 0. The van der Waals surface area contributed by atoms with Gasteiger partial charge in [-0.1, -0.05) is 157 Å². The van der Waals surface area contributed by atoms with Gasteiger partial charge in [-0.05, 0) is 124 Å². The van der Waals surface area contributed by atoms with Crippen molar-refractivity contribution in [2.24, 2.45) is 0 Å². The molecule has 53 heavy (non-hydrogen) atoms. The van der Waals surface area contributed by atoms with Crippen molar-refractivity contribution in [2.75, 3.05) is 0 Å². The number of hydrogen-bond acceptors (Lipinski definition) is 1. The van der Waals surface area contributed by atoms with Gasteiger partial charge in [-0.15, -0.1) is 0 Å². The molecule has 1 heteroatoms. The zero-order valence-corrected chi connectivity index (χ0v) is 27.4. The normalized spacial score (nSPS) is 16.8. The Labute approximate surface area is 333 Å². The Bertz CT molecular complexity index is 4220. The Kier molecular flexibility index (Phi) is 3.69. The average Bonchev–Trinajstić information content (AvgIpc) is 3.74. The first kappa shape index (κ1) is 16.6. The Balaban J connectivity index is 1.20. The fraction of sp³-hybridized carbons (Fsp3) is 0. The van der Waals surface area contributed by atoms with E-state index in [0.29, 0.717) is 11.2 Å². The van der Waals surface area contributed by atoms with Gasteiger partial charge in [-0.2, -0.15) is 0 Å². The molecule has 1 nitrogen and oxygen atoms in total. The van der Waals surface area contributed by atoms with Gasteiger partial charge in [0.1, 0.15) is 11.2 Å². The average molecular weight is 692 g/mol. The van der Waals surface area contributed by atoms with Crippen LogP contribution in [0, 0.1) is 0 Å². The number of benzene rings is 10. The van der Waals surface area contributed by atoms with Crippen LogP contribution in [0.1, 0.15) is 26.0 Å². The van der Waals surface area contributed by atoms with E-state index in [1.165, 1.54) is 0 Å². The molecule has 0 saturated carbocycles. The van der Waals surface area contributed by atoms with Crippen LogP contribution in [-0.2, 0) is 0 Å². The highest BCUT2D eigenvalue weighted by Gasteiger charge is 2.17. The second kappa shape index (κ2) is 11.8. The molecule has 0 bridgehead atoms. The lowest BCUT2D eigenvalue weighted by Crippen LogP contribution is -1.90. The monoisotopic (exact) mass is 691 g/mol. The Hall–Kier alpha value is -6.96. The summed E-state index contributed by atoms with van der Waals surface area (Å²) in [5.74, 6) is 0. The molecule has 0 atom stereocenters. The van der Waals surface area contributed by atoms with Crippen LogP contribution in [0.2, 0.25) is 0 Å². The van der Waals surface area contributed by atoms with E-state index in [9.17, 15) is 13.7 Å². The second-order valence-electron chi connectivity index (χ2n) is 12.6. The quantitative estimate of drug-likeness (QED) is 0.167. The molecule has 0 aliphatic carbocycles. The number of fused-ring (bicyclic) bond motifs is 7. The zero-order chi connectivity index (χ0) is 51.4. The van der Waals surface area contributed by atoms with E-state index in [-0.39, 0.29) is 16.5 Å². The summed E-state index contributed by atoms with van der Waals surface area (Å²) in [7, 11) is 0. The molecule has 11 aromatic rings. The predicted octanol–water partition coefficient (Wildman–Crippen LogP) is 14.9. The minimum Gasteiger partial charge on any atom is -0.456 e. The molecule has 0 N–H and O–H groups in total. The lowest BCUT2D eigenvalue weighted by Gasteiger charge is -2.18. The summed E-state index contributed by atoms with van der Waals surface area (Å²) in [6, 6.07) is 9.77. The third kappa shape index (κ3) is 4.79. The SMILES string of the molecule is [2H]c1c([2H])c([2H])c(-c2c3c([2H])c([2H])c([2H])c([2H])c3c(-c3c([2H])c([2H])c4c([2H])c(-c5ccc6c(c5)oc5cc(-c7cccc8ccccc78)ccc56)c([2H])c([2H])c4c3[2H])c3c([2H])c([2H])c([2H])c([2H])c23)c([2H])c1[2H]. The van der Waals surface area contributed by atoms with Gasteiger partial charge in [0.25, 0.3) is 0 Å². The molecule has 0 aliphatic heterocycles. The van der Waals surface area contributed by atoms with Gasteiger partial charge in [0, 0.05) is 10.8 Å². The van der Waals surface area contributed by atoms with Crippen molar-refractivity contribution in [3.8, 4) is 44.5 Å². The third-order valence-electron chi connectivity index (χ3n) is 9.61. The van der Waals surface area contributed by atoms with Crippen LogP contribution in [0.5, 0.6) is 0 Å². The van der Waals surface area contributed by atoms with Crippen LogP contribution in [0.25, 0.3) is 110 Å². The van der Waals surface area contributed by atoms with Gasteiger partial charge in [-0.25, -0.2) is 0 Å². The summed E-state index contributed by atoms with van der Waals surface area (Å²) in [5.41, 5.74) is 0.599. The lowest BCUT2D eigenvalue weighted by molar-refractivity contribution is 0.669. The topological polar surface area (TPSA) is 13.1 Å². The summed E-state index contributed by atoms with van der Waals surface area (Å²) >= 11 is 0. The van der Waals surface area contributed by atoms with E-state index >= 15 is 0 Å². The molecule has 1 aromatic heterocycles. The molecular formula is C52H32O. The first-order valence-electron chi connectivity index (χ1n) is 26.2. The van der Waals surface area contributed by atoms with Crippen molar-refractivity contribution < 1.29 is 30.5 Å². The van der Waals surface area contributed by atoms with Gasteiger partial charge in [0.15, 0.2) is 0 Å². The first-order valence-corrected chi connectivity index (χ1v) is 16.7. The van der Waals surface area contributed by atoms with E-state index in [1.807, 2.05) is 60.7 Å². The molecule has 0 unspecified atom stereocenters. The molecule has 0 amide bonds. The highest BCUT2D eigenvalue weighted by Crippen LogP contribution is 2.44. The van der Waals surface area contributed by atoms with Gasteiger partial charge < -0.3 is 4.42 Å². The van der Waals surface area contributed by atoms with Crippen molar-refractivity contribution in [3.05, 3.63) is 194 Å². The molecule has 11 rings (SSSR count). The summed E-state index contributed by atoms with van der Waals surface area (Å²) < 4.78 is 179. The van der Waals surface area contributed by atoms with E-state index in [0.717, 1.165) is 32.7 Å². The lowest BCUT2D eigenvalue weighted by atomic mass is 9.85. The van der Waals surface area contributed by atoms with Crippen LogP contribution in [0.15, 0.2) is 198 Å². The summed E-state index contributed by atoms with van der Waals surface area (Å²) in [6.45, 7) is 0. The largest absolute Gasteiger partial charge is 0.456 e. The van der Waals surface area contributed by atoms with E-state index < -0.39 is 164 Å². The Morgan fingerprint density at radius 1 is 0.340 bits per heavy atom. The van der Waals surface area contributed by atoms with Gasteiger partial charge in [0.2, 0.25) is 0 Å². The molecule has 0 spiro atoms. The zero-order valence-electron chi connectivity index (χ0n) is 46.4. The fourth-order valence-electron chi connectivity index (χ4n) is 7.22. The summed E-state index contributed by atoms with van der Waals surface area (Å²) in [4.78, 5) is 0. The van der Waals surface area contributed by atoms with E-state index in [4.69, 9.17) is 16.8 Å². The summed E-state index contributed by atoms with van der Waals surface area (Å²) in [6.07, 6.45) is 0. The van der Waals surface area contributed by atoms with Gasteiger partial charge in [-0.3, -0.25) is 0 Å². The second-order valence-corrected chi connectivity index (χ2v) is 12.6. The predicted molar refractivity (Wildman–Crippen MR) is 225 cm³/mol. The smallest absolute Gasteiger partial charge is 0.136 e. The molecule has 246 valence electrons. The molecule has 10 aromatic carbocycles. The maximum atomic E-state index is 9.75. The molecular weight excluding hydrogens is 641 g/mol. The van der Waals surface area contributed by atoms with Crippen LogP contribution < -0.4 is 0 Å². The minimum atomic E-state index is -0.870. The van der Waals surface area contributed by atoms with Crippen molar-refractivity contribution in [2.45, 2.75) is 0 Å².